The second-order valence-electron chi connectivity index (χ2n) is 4.79. The van der Waals surface area contributed by atoms with Gasteiger partial charge in [0, 0.05) is 11.8 Å². The van der Waals surface area contributed by atoms with Crippen LogP contribution in [0, 0.1) is 0 Å². The van der Waals surface area contributed by atoms with Crippen LogP contribution in [-0.4, -0.2) is 46.7 Å². The molecule has 0 saturated carbocycles. The molecule has 1 saturated heterocycles. The molecule has 2 atom stereocenters. The monoisotopic (exact) mass is 341 g/mol. The smallest absolute Gasteiger partial charge is 0.371 e. The summed E-state index contributed by atoms with van der Waals surface area (Å²) in [5.41, 5.74) is -1.39. The first-order valence-electron chi connectivity index (χ1n) is 6.28. The van der Waals surface area contributed by atoms with Crippen molar-refractivity contribution in [3.8, 4) is 0 Å². The molecule has 2 heterocycles. The van der Waals surface area contributed by atoms with Crippen LogP contribution < -0.4 is 4.90 Å². The lowest BCUT2D eigenvalue weighted by Gasteiger charge is -2.22. The predicted molar refractivity (Wildman–Crippen MR) is 66.4 cm³/mol. The fourth-order valence-electron chi connectivity index (χ4n) is 2.12. The summed E-state index contributed by atoms with van der Waals surface area (Å²) in [6.45, 7) is 1.40. The summed E-state index contributed by atoms with van der Waals surface area (Å²) in [5, 5.41) is 10.7. The Morgan fingerprint density at radius 2 is 1.91 bits per heavy atom. The molecular weight excluding hydrogens is 329 g/mol. The van der Waals surface area contributed by atoms with Crippen LogP contribution in [0.4, 0.5) is 32.6 Å². The second kappa shape index (κ2) is 5.57. The molecule has 1 aromatic heterocycles. The zero-order valence-electron chi connectivity index (χ0n) is 11.9. The summed E-state index contributed by atoms with van der Waals surface area (Å²) in [6.07, 6.45) is -6.63. The number of hydrogen-bond acceptors (Lipinski definition) is 4. The number of rotatable bonds is 3. The van der Waals surface area contributed by atoms with Crippen LogP contribution in [0.1, 0.15) is 12.5 Å². The Labute approximate surface area is 127 Å². The van der Waals surface area contributed by atoms with Crippen molar-refractivity contribution < 1.29 is 36.7 Å². The Kier molecular flexibility index (Phi) is 4.20. The average molecular weight is 341 g/mol. The number of carbonyl (C=O) groups excluding carboxylic acids is 1. The molecule has 0 bridgehead atoms. The molecule has 2 amide bonds. The van der Waals surface area contributed by atoms with Gasteiger partial charge >= 0.3 is 18.1 Å². The third kappa shape index (κ3) is 2.70. The highest BCUT2D eigenvalue weighted by Crippen LogP contribution is 2.44. The first-order chi connectivity index (χ1) is 10.5. The summed E-state index contributed by atoms with van der Waals surface area (Å²) in [5.74, 6) is -5.67. The maximum Gasteiger partial charge on any atom is 0.458 e. The van der Waals surface area contributed by atoms with E-state index in [0.717, 1.165) is 12.2 Å². The SMILES string of the molecule is CON1C(=O)N(c2cc(C(F)(F)C(F)(F)F)ccn2)C(O)C1C. The number of halogens is 5. The van der Waals surface area contributed by atoms with E-state index in [1.165, 1.54) is 6.92 Å². The van der Waals surface area contributed by atoms with E-state index in [2.05, 4.69) is 4.98 Å². The van der Waals surface area contributed by atoms with Gasteiger partial charge in [0.25, 0.3) is 0 Å². The number of hydrogen-bond donors (Lipinski definition) is 1. The summed E-state index contributed by atoms with van der Waals surface area (Å²) < 4.78 is 64.1. The lowest BCUT2D eigenvalue weighted by atomic mass is 10.1. The molecular formula is C12H12F5N3O3. The minimum atomic E-state index is -5.80. The summed E-state index contributed by atoms with van der Waals surface area (Å²) >= 11 is 0. The van der Waals surface area contributed by atoms with Gasteiger partial charge in [0.15, 0.2) is 6.23 Å². The van der Waals surface area contributed by atoms with Crippen molar-refractivity contribution in [1.82, 2.24) is 10.0 Å². The van der Waals surface area contributed by atoms with Gasteiger partial charge in [-0.05, 0) is 19.1 Å². The highest BCUT2D eigenvalue weighted by atomic mass is 19.4. The highest BCUT2D eigenvalue weighted by Gasteiger charge is 2.59. The van der Waals surface area contributed by atoms with E-state index in [0.29, 0.717) is 23.2 Å². The average Bonchev–Trinajstić information content (AvgIpc) is 2.68. The Balaban J connectivity index is 2.43. The Hall–Kier alpha value is -2.01. The van der Waals surface area contributed by atoms with Gasteiger partial charge in [-0.25, -0.2) is 14.7 Å². The van der Waals surface area contributed by atoms with Crippen LogP contribution in [0.3, 0.4) is 0 Å². The molecule has 0 radical (unpaired) electrons. The van der Waals surface area contributed by atoms with Crippen LogP contribution in [0.25, 0.3) is 0 Å². The topological polar surface area (TPSA) is 65.9 Å². The third-order valence-electron chi connectivity index (χ3n) is 3.37. The Morgan fingerprint density at radius 3 is 2.39 bits per heavy atom. The van der Waals surface area contributed by atoms with E-state index in [-0.39, 0.29) is 0 Å². The highest BCUT2D eigenvalue weighted by molar-refractivity contribution is 5.93. The van der Waals surface area contributed by atoms with Crippen molar-refractivity contribution in [3.05, 3.63) is 23.9 Å². The van der Waals surface area contributed by atoms with Gasteiger partial charge in [-0.2, -0.15) is 27.0 Å². The van der Waals surface area contributed by atoms with Crippen LogP contribution in [0.5, 0.6) is 0 Å². The van der Waals surface area contributed by atoms with E-state index in [1.807, 2.05) is 0 Å². The van der Waals surface area contributed by atoms with E-state index < -0.39 is 41.8 Å². The number of aliphatic hydroxyl groups is 1. The number of nitrogens with zero attached hydrogens (tertiary/aromatic N) is 3. The molecule has 1 aliphatic rings. The third-order valence-corrected chi connectivity index (χ3v) is 3.37. The lowest BCUT2D eigenvalue weighted by molar-refractivity contribution is -0.289. The van der Waals surface area contributed by atoms with Gasteiger partial charge in [0.2, 0.25) is 0 Å². The van der Waals surface area contributed by atoms with Crippen LogP contribution in [0.2, 0.25) is 0 Å². The molecule has 0 spiro atoms. The van der Waals surface area contributed by atoms with Gasteiger partial charge in [-0.3, -0.25) is 4.84 Å². The number of anilines is 1. The maximum atomic E-state index is 13.4. The molecule has 0 aliphatic carbocycles. The van der Waals surface area contributed by atoms with Crippen molar-refractivity contribution in [3.63, 3.8) is 0 Å². The summed E-state index contributed by atoms with van der Waals surface area (Å²) in [4.78, 5) is 20.9. The zero-order valence-corrected chi connectivity index (χ0v) is 11.9. The van der Waals surface area contributed by atoms with Crippen LogP contribution in [-0.2, 0) is 10.8 Å². The number of pyridine rings is 1. The van der Waals surface area contributed by atoms with Crippen molar-refractivity contribution >= 4 is 11.8 Å². The lowest BCUT2D eigenvalue weighted by Crippen LogP contribution is -2.37. The number of urea groups is 1. The molecule has 0 aromatic carbocycles. The van der Waals surface area contributed by atoms with E-state index >= 15 is 0 Å². The number of amides is 2. The van der Waals surface area contributed by atoms with Crippen molar-refractivity contribution in [1.29, 1.82) is 0 Å². The summed E-state index contributed by atoms with van der Waals surface area (Å²) in [7, 11) is 1.15. The fraction of sp³-hybridized carbons (Fsp3) is 0.500. The van der Waals surface area contributed by atoms with Gasteiger partial charge in [-0.1, -0.05) is 0 Å². The Morgan fingerprint density at radius 1 is 1.30 bits per heavy atom. The normalized spacial score (nSPS) is 22.9. The molecule has 1 aromatic rings. The fourth-order valence-corrected chi connectivity index (χ4v) is 2.12. The molecule has 1 N–H and O–H groups in total. The molecule has 2 unspecified atom stereocenters. The number of aromatic nitrogens is 1. The molecule has 128 valence electrons. The number of alkyl halides is 5. The quantitative estimate of drug-likeness (QED) is 0.857. The van der Waals surface area contributed by atoms with Crippen molar-refractivity contribution in [2.45, 2.75) is 31.3 Å². The van der Waals surface area contributed by atoms with Crippen LogP contribution in [0.15, 0.2) is 18.3 Å². The van der Waals surface area contributed by atoms with E-state index in [4.69, 9.17) is 4.84 Å². The second-order valence-corrected chi connectivity index (χ2v) is 4.79. The first kappa shape index (κ1) is 17.3. The summed E-state index contributed by atoms with van der Waals surface area (Å²) in [6, 6.07) is -0.921. The zero-order chi connectivity index (χ0) is 17.6. The Bertz CT molecular complexity index is 610. The molecule has 1 aliphatic heterocycles. The maximum absolute atomic E-state index is 13.4. The number of hydroxylamine groups is 2. The number of aliphatic hydroxyl groups excluding tert-OH is 1. The first-order valence-corrected chi connectivity index (χ1v) is 6.28. The minimum Gasteiger partial charge on any atom is -0.371 e. The molecule has 23 heavy (non-hydrogen) atoms. The van der Waals surface area contributed by atoms with Gasteiger partial charge in [0.1, 0.15) is 11.9 Å². The van der Waals surface area contributed by atoms with Crippen LogP contribution >= 0.6 is 0 Å². The van der Waals surface area contributed by atoms with Gasteiger partial charge < -0.3 is 5.11 Å². The van der Waals surface area contributed by atoms with E-state index in [1.54, 1.807) is 0 Å². The van der Waals surface area contributed by atoms with E-state index in [9.17, 15) is 31.9 Å². The molecule has 2 rings (SSSR count). The van der Waals surface area contributed by atoms with Crippen molar-refractivity contribution in [2.75, 3.05) is 12.0 Å². The molecule has 1 fully saturated rings. The van der Waals surface area contributed by atoms with Crippen molar-refractivity contribution in [2.24, 2.45) is 0 Å². The minimum absolute atomic E-state index is 0.403. The van der Waals surface area contributed by atoms with Gasteiger partial charge in [0.05, 0.1) is 7.11 Å². The molecule has 6 nitrogen and oxygen atoms in total. The number of carbonyl (C=O) groups is 1. The standard InChI is InChI=1S/C12H12F5N3O3/c1-6-9(21)19(10(22)20(6)23-2)8-5-7(3-4-18-8)11(13,14)12(15,16)17/h3-6,9,21H,1-2H3. The van der Waals surface area contributed by atoms with Gasteiger partial charge in [-0.15, -0.1) is 0 Å². The predicted octanol–water partition coefficient (Wildman–Crippen LogP) is 2.25. The largest absolute Gasteiger partial charge is 0.458 e. The molecule has 11 heteroatoms.